The average Bonchev–Trinajstić information content (AvgIpc) is 2.48. The molecule has 0 bridgehead atoms. The van der Waals surface area contributed by atoms with Crippen LogP contribution >= 0.6 is 11.8 Å². The molecule has 0 spiro atoms. The molecule has 1 fully saturated rings. The van der Waals surface area contributed by atoms with Crippen molar-refractivity contribution in [2.45, 2.75) is 63.7 Å². The van der Waals surface area contributed by atoms with Crippen molar-refractivity contribution in [1.29, 1.82) is 0 Å². The van der Waals surface area contributed by atoms with Crippen LogP contribution in [0.4, 0.5) is 5.69 Å². The summed E-state index contributed by atoms with van der Waals surface area (Å²) in [6.07, 6.45) is 9.42. The number of carbonyl (C=O) groups excluding carboxylic acids is 1. The molecular formula is C18H27NOS. The van der Waals surface area contributed by atoms with Gasteiger partial charge in [0.05, 0.1) is 0 Å². The molecule has 0 N–H and O–H groups in total. The summed E-state index contributed by atoms with van der Waals surface area (Å²) in [5, 5.41) is 0. The first-order valence-corrected chi connectivity index (χ1v) is 9.07. The van der Waals surface area contributed by atoms with E-state index < -0.39 is 0 Å². The number of benzene rings is 1. The Kier molecular flexibility index (Phi) is 6.62. The van der Waals surface area contributed by atoms with Crippen LogP contribution in [0.1, 0.15) is 56.1 Å². The molecule has 1 heterocycles. The molecule has 0 aliphatic carbocycles. The van der Waals surface area contributed by atoms with E-state index in [1.54, 1.807) is 0 Å². The Bertz CT molecular complexity index is 463. The van der Waals surface area contributed by atoms with Crippen molar-refractivity contribution in [2.24, 2.45) is 0 Å². The zero-order valence-corrected chi connectivity index (χ0v) is 14.2. The fourth-order valence-corrected chi connectivity index (χ4v) is 3.79. The highest BCUT2D eigenvalue weighted by Gasteiger charge is 2.13. The third-order valence-corrected chi connectivity index (χ3v) is 5.12. The van der Waals surface area contributed by atoms with Crippen LogP contribution in [0.5, 0.6) is 0 Å². The fourth-order valence-electron chi connectivity index (χ4n) is 3.15. The Morgan fingerprint density at radius 2 is 1.52 bits per heavy atom. The van der Waals surface area contributed by atoms with Crippen molar-refractivity contribution in [2.75, 3.05) is 18.0 Å². The summed E-state index contributed by atoms with van der Waals surface area (Å²) in [6, 6.07) is 4.41. The SMILES string of the molecule is Cc1cc(SC=O)c(C)c(N2CCCCCCCCC2)c1. The molecule has 1 aromatic carbocycles. The Morgan fingerprint density at radius 1 is 0.952 bits per heavy atom. The molecule has 0 saturated carbocycles. The largest absolute Gasteiger partial charge is 0.371 e. The van der Waals surface area contributed by atoms with Crippen molar-refractivity contribution in [1.82, 2.24) is 0 Å². The van der Waals surface area contributed by atoms with E-state index in [4.69, 9.17) is 0 Å². The molecule has 1 aromatic rings. The Hall–Kier alpha value is -0.960. The summed E-state index contributed by atoms with van der Waals surface area (Å²) < 4.78 is 0. The van der Waals surface area contributed by atoms with Gasteiger partial charge >= 0.3 is 0 Å². The zero-order chi connectivity index (χ0) is 15.1. The number of carbonyl (C=O) groups is 1. The summed E-state index contributed by atoms with van der Waals surface area (Å²) in [5.41, 5.74) is 4.78. The molecular weight excluding hydrogens is 278 g/mol. The number of hydrogen-bond donors (Lipinski definition) is 0. The van der Waals surface area contributed by atoms with E-state index in [9.17, 15) is 4.79 Å². The normalized spacial score (nSPS) is 17.5. The lowest BCUT2D eigenvalue weighted by Gasteiger charge is -2.28. The van der Waals surface area contributed by atoms with Crippen molar-refractivity contribution in [3.8, 4) is 0 Å². The van der Waals surface area contributed by atoms with E-state index in [0.29, 0.717) is 0 Å². The molecule has 0 radical (unpaired) electrons. The minimum absolute atomic E-state index is 0.939. The van der Waals surface area contributed by atoms with E-state index >= 15 is 0 Å². The van der Waals surface area contributed by atoms with Gasteiger partial charge in [0.15, 0.2) is 5.62 Å². The highest BCUT2D eigenvalue weighted by Crippen LogP contribution is 2.31. The monoisotopic (exact) mass is 305 g/mol. The number of anilines is 1. The van der Waals surface area contributed by atoms with Crippen LogP contribution in [0, 0.1) is 13.8 Å². The molecule has 21 heavy (non-hydrogen) atoms. The molecule has 3 heteroatoms. The number of nitrogens with zero attached hydrogens (tertiary/aromatic N) is 1. The predicted molar refractivity (Wildman–Crippen MR) is 93.1 cm³/mol. The van der Waals surface area contributed by atoms with Crippen LogP contribution in [0.2, 0.25) is 0 Å². The van der Waals surface area contributed by atoms with Gasteiger partial charge in [0, 0.05) is 23.7 Å². The number of rotatable bonds is 3. The van der Waals surface area contributed by atoms with Crippen LogP contribution in [-0.2, 0) is 4.79 Å². The first-order valence-electron chi connectivity index (χ1n) is 8.19. The maximum absolute atomic E-state index is 10.9. The van der Waals surface area contributed by atoms with E-state index in [0.717, 1.165) is 23.6 Å². The van der Waals surface area contributed by atoms with E-state index in [1.807, 2.05) is 0 Å². The lowest BCUT2D eigenvalue weighted by atomic mass is 10.0. The Balaban J connectivity index is 2.21. The van der Waals surface area contributed by atoms with Crippen molar-refractivity contribution in [3.05, 3.63) is 23.3 Å². The maximum atomic E-state index is 10.9. The molecule has 1 aliphatic rings. The van der Waals surface area contributed by atoms with Gasteiger partial charge in [-0.1, -0.05) is 43.9 Å². The molecule has 0 atom stereocenters. The lowest BCUT2D eigenvalue weighted by Crippen LogP contribution is -2.27. The molecule has 0 amide bonds. The molecule has 1 aliphatic heterocycles. The van der Waals surface area contributed by atoms with Gasteiger partial charge in [0.2, 0.25) is 0 Å². The zero-order valence-electron chi connectivity index (χ0n) is 13.4. The minimum atomic E-state index is 0.939. The minimum Gasteiger partial charge on any atom is -0.371 e. The quantitative estimate of drug-likeness (QED) is 0.570. The van der Waals surface area contributed by atoms with E-state index in [2.05, 4.69) is 30.9 Å². The second kappa shape index (κ2) is 8.47. The average molecular weight is 305 g/mol. The van der Waals surface area contributed by atoms with E-state index in [-0.39, 0.29) is 0 Å². The third-order valence-electron chi connectivity index (χ3n) is 4.35. The summed E-state index contributed by atoms with van der Waals surface area (Å²) >= 11 is 1.30. The molecule has 0 aromatic heterocycles. The third kappa shape index (κ3) is 4.77. The first-order chi connectivity index (χ1) is 10.2. The highest BCUT2D eigenvalue weighted by atomic mass is 32.2. The van der Waals surface area contributed by atoms with Gasteiger partial charge in [-0.15, -0.1) is 0 Å². The topological polar surface area (TPSA) is 20.3 Å². The first kappa shape index (κ1) is 16.4. The summed E-state index contributed by atoms with van der Waals surface area (Å²) in [6.45, 7) is 6.57. The van der Waals surface area contributed by atoms with Crippen LogP contribution in [0.15, 0.2) is 17.0 Å². The molecule has 2 rings (SSSR count). The smallest absolute Gasteiger partial charge is 0.180 e. The van der Waals surface area contributed by atoms with Gasteiger partial charge in [0.1, 0.15) is 0 Å². The van der Waals surface area contributed by atoms with E-state index in [1.165, 1.54) is 73.5 Å². The van der Waals surface area contributed by atoms with Gasteiger partial charge in [-0.05, 0) is 49.9 Å². The summed E-state index contributed by atoms with van der Waals surface area (Å²) in [5.74, 6) is 0. The molecule has 0 unspecified atom stereocenters. The van der Waals surface area contributed by atoms with Crippen LogP contribution < -0.4 is 4.90 Å². The predicted octanol–water partition coefficient (Wildman–Crippen LogP) is 5.14. The van der Waals surface area contributed by atoms with Crippen molar-refractivity contribution in [3.63, 3.8) is 0 Å². The van der Waals surface area contributed by atoms with Crippen LogP contribution in [0.3, 0.4) is 0 Å². The molecule has 116 valence electrons. The van der Waals surface area contributed by atoms with Gasteiger partial charge in [-0.2, -0.15) is 0 Å². The summed E-state index contributed by atoms with van der Waals surface area (Å²) in [7, 11) is 0. The van der Waals surface area contributed by atoms with Gasteiger partial charge in [0.25, 0.3) is 0 Å². The number of aryl methyl sites for hydroxylation is 1. The van der Waals surface area contributed by atoms with Crippen LogP contribution in [-0.4, -0.2) is 18.7 Å². The van der Waals surface area contributed by atoms with Crippen LogP contribution in [0.25, 0.3) is 0 Å². The van der Waals surface area contributed by atoms with Crippen molar-refractivity contribution >= 4 is 23.1 Å². The Labute approximate surface area is 133 Å². The number of hydrogen-bond acceptors (Lipinski definition) is 3. The summed E-state index contributed by atoms with van der Waals surface area (Å²) in [4.78, 5) is 14.5. The Morgan fingerprint density at radius 3 is 2.10 bits per heavy atom. The standard InChI is InChI=1S/C18H27NOS/c1-15-12-17(16(2)18(13-15)21-14-20)19-10-8-6-4-3-5-7-9-11-19/h12-14H,3-11H2,1-2H3. The maximum Gasteiger partial charge on any atom is 0.180 e. The lowest BCUT2D eigenvalue weighted by molar-refractivity contribution is 0.543. The van der Waals surface area contributed by atoms with Gasteiger partial charge in [-0.3, -0.25) is 4.79 Å². The van der Waals surface area contributed by atoms with Gasteiger partial charge in [-0.25, -0.2) is 0 Å². The molecule has 2 nitrogen and oxygen atoms in total. The fraction of sp³-hybridized carbons (Fsp3) is 0.611. The van der Waals surface area contributed by atoms with Gasteiger partial charge < -0.3 is 4.90 Å². The van der Waals surface area contributed by atoms with Crippen molar-refractivity contribution < 1.29 is 4.79 Å². The highest BCUT2D eigenvalue weighted by molar-refractivity contribution is 8.11. The second-order valence-corrected chi connectivity index (χ2v) is 6.95. The molecule has 1 saturated heterocycles. The second-order valence-electron chi connectivity index (χ2n) is 6.08. The number of thioether (sulfide) groups is 1.